The molecule has 1 aliphatic heterocycles. The highest BCUT2D eigenvalue weighted by atomic mass is 32.2. The Morgan fingerprint density at radius 2 is 1.78 bits per heavy atom. The lowest BCUT2D eigenvalue weighted by Gasteiger charge is -2.25. The monoisotopic (exact) mass is 398 g/mol. The number of carbonyl (C=O) groups is 3. The van der Waals surface area contributed by atoms with Crippen molar-refractivity contribution >= 4 is 29.5 Å². The minimum absolute atomic E-state index is 0.174. The number of ether oxygens (including phenoxy) is 4. The third kappa shape index (κ3) is 4.76. The number of nitrogens with zero attached hydrogens (tertiary/aromatic N) is 1. The summed E-state index contributed by atoms with van der Waals surface area (Å²) < 4.78 is 20.5. The number of carbonyl (C=O) groups excluding carboxylic acids is 3. The topological polar surface area (TPSA) is 103 Å². The lowest BCUT2D eigenvalue weighted by atomic mass is 10.1. The molecule has 0 spiro atoms. The van der Waals surface area contributed by atoms with Gasteiger partial charge in [-0.3, -0.25) is 14.4 Å². The van der Waals surface area contributed by atoms with Gasteiger partial charge in [-0.25, -0.2) is 0 Å². The summed E-state index contributed by atoms with van der Waals surface area (Å²) in [6.45, 7) is -0.427. The molecule has 1 aromatic rings. The molecule has 1 N–H and O–H groups in total. The zero-order valence-electron chi connectivity index (χ0n) is 15.6. The third-order valence-electron chi connectivity index (χ3n) is 3.91. The summed E-state index contributed by atoms with van der Waals surface area (Å²) >= 11 is 1.39. The number of amides is 2. The maximum atomic E-state index is 12.3. The summed E-state index contributed by atoms with van der Waals surface area (Å²) in [6, 6.07) is 3.49. The number of esters is 1. The predicted molar refractivity (Wildman–Crippen MR) is 98.0 cm³/mol. The number of hydrogen-bond donors (Lipinski definition) is 1. The summed E-state index contributed by atoms with van der Waals surface area (Å²) in [4.78, 5) is 36.9. The molecular formula is C17H22N2O7S. The van der Waals surface area contributed by atoms with Crippen LogP contribution in [0.15, 0.2) is 12.1 Å². The van der Waals surface area contributed by atoms with E-state index in [2.05, 4.69) is 10.1 Å². The smallest absolute Gasteiger partial charge is 0.325 e. The molecule has 10 heteroatoms. The van der Waals surface area contributed by atoms with Crippen molar-refractivity contribution in [2.45, 2.75) is 5.37 Å². The van der Waals surface area contributed by atoms with Crippen molar-refractivity contribution in [3.8, 4) is 17.2 Å². The van der Waals surface area contributed by atoms with Crippen molar-refractivity contribution in [1.82, 2.24) is 10.2 Å². The molecule has 2 rings (SSSR count). The van der Waals surface area contributed by atoms with Crippen LogP contribution in [0.5, 0.6) is 17.2 Å². The van der Waals surface area contributed by atoms with E-state index < -0.39 is 17.3 Å². The van der Waals surface area contributed by atoms with Gasteiger partial charge in [0, 0.05) is 0 Å². The molecule has 9 nitrogen and oxygen atoms in total. The molecule has 2 amide bonds. The van der Waals surface area contributed by atoms with E-state index >= 15 is 0 Å². The molecule has 0 bridgehead atoms. The highest BCUT2D eigenvalue weighted by Crippen LogP contribution is 2.45. The fraction of sp³-hybridized carbons (Fsp3) is 0.471. The van der Waals surface area contributed by atoms with E-state index in [1.807, 2.05) is 0 Å². The van der Waals surface area contributed by atoms with Crippen LogP contribution in [0.3, 0.4) is 0 Å². The van der Waals surface area contributed by atoms with Crippen molar-refractivity contribution in [2.75, 3.05) is 47.3 Å². The van der Waals surface area contributed by atoms with E-state index in [4.69, 9.17) is 14.2 Å². The molecule has 1 aliphatic rings. The van der Waals surface area contributed by atoms with Gasteiger partial charge >= 0.3 is 5.97 Å². The first-order valence-electron chi connectivity index (χ1n) is 7.99. The highest BCUT2D eigenvalue weighted by molar-refractivity contribution is 8.00. The minimum Gasteiger partial charge on any atom is -0.493 e. The Morgan fingerprint density at radius 3 is 2.30 bits per heavy atom. The average molecular weight is 398 g/mol. The van der Waals surface area contributed by atoms with Gasteiger partial charge in [0.25, 0.3) is 0 Å². The van der Waals surface area contributed by atoms with Crippen molar-refractivity contribution in [3.63, 3.8) is 0 Å². The van der Waals surface area contributed by atoms with Crippen LogP contribution in [0.2, 0.25) is 0 Å². The lowest BCUT2D eigenvalue weighted by molar-refractivity contribution is -0.141. The van der Waals surface area contributed by atoms with Gasteiger partial charge in [0.1, 0.15) is 18.5 Å². The van der Waals surface area contributed by atoms with E-state index in [-0.39, 0.29) is 24.7 Å². The van der Waals surface area contributed by atoms with Crippen molar-refractivity contribution in [2.24, 2.45) is 0 Å². The molecule has 0 aliphatic carbocycles. The second kappa shape index (κ2) is 9.36. The van der Waals surface area contributed by atoms with Crippen LogP contribution in [0, 0.1) is 0 Å². The second-order valence-electron chi connectivity index (χ2n) is 5.50. The molecule has 1 unspecified atom stereocenters. The first-order chi connectivity index (χ1) is 12.9. The molecule has 1 atom stereocenters. The molecule has 1 saturated heterocycles. The van der Waals surface area contributed by atoms with E-state index in [1.54, 1.807) is 12.1 Å². The summed E-state index contributed by atoms with van der Waals surface area (Å²) in [5.74, 6) is 0.419. The van der Waals surface area contributed by atoms with Crippen LogP contribution < -0.4 is 19.5 Å². The standard InChI is InChI=1S/C17H22N2O7S/c1-23-11-5-10(6-12(24-2)16(11)26-4)17-19(14(21)9-27-17)8-13(20)18-7-15(22)25-3/h5-6,17H,7-9H2,1-4H3,(H,18,20). The van der Waals surface area contributed by atoms with Gasteiger partial charge < -0.3 is 29.2 Å². The molecule has 1 fully saturated rings. The normalized spacial score (nSPS) is 16.1. The van der Waals surface area contributed by atoms with Gasteiger partial charge in [-0.1, -0.05) is 0 Å². The van der Waals surface area contributed by atoms with Gasteiger partial charge in [0.15, 0.2) is 11.5 Å². The third-order valence-corrected chi connectivity index (χ3v) is 5.17. The highest BCUT2D eigenvalue weighted by Gasteiger charge is 2.35. The van der Waals surface area contributed by atoms with Crippen LogP contribution in [0.4, 0.5) is 0 Å². The summed E-state index contributed by atoms with van der Waals surface area (Å²) in [7, 11) is 5.75. The SMILES string of the molecule is COC(=O)CNC(=O)CN1C(=O)CSC1c1cc(OC)c(OC)c(OC)c1. The molecule has 0 aromatic heterocycles. The average Bonchev–Trinajstić information content (AvgIpc) is 3.04. The summed E-state index contributed by atoms with van der Waals surface area (Å²) in [5, 5.41) is 2.04. The Hall–Kier alpha value is -2.62. The zero-order valence-corrected chi connectivity index (χ0v) is 16.4. The zero-order chi connectivity index (χ0) is 20.0. The number of methoxy groups -OCH3 is 4. The van der Waals surface area contributed by atoms with E-state index in [1.165, 1.54) is 45.1 Å². The van der Waals surface area contributed by atoms with Crippen LogP contribution in [0.1, 0.15) is 10.9 Å². The van der Waals surface area contributed by atoms with E-state index in [0.29, 0.717) is 17.2 Å². The summed E-state index contributed by atoms with van der Waals surface area (Å²) in [5.41, 5.74) is 0.737. The molecule has 1 aromatic carbocycles. The number of rotatable bonds is 8. The largest absolute Gasteiger partial charge is 0.493 e. The Bertz CT molecular complexity index is 700. The number of thioether (sulfide) groups is 1. The van der Waals surface area contributed by atoms with Gasteiger partial charge in [0.2, 0.25) is 17.6 Å². The summed E-state index contributed by atoms with van der Waals surface area (Å²) in [6.07, 6.45) is 0. The van der Waals surface area contributed by atoms with Crippen molar-refractivity contribution < 1.29 is 33.3 Å². The molecule has 0 radical (unpaired) electrons. The molecule has 1 heterocycles. The Morgan fingerprint density at radius 1 is 1.15 bits per heavy atom. The van der Waals surface area contributed by atoms with Crippen molar-refractivity contribution in [1.29, 1.82) is 0 Å². The fourth-order valence-electron chi connectivity index (χ4n) is 2.60. The van der Waals surface area contributed by atoms with E-state index in [0.717, 1.165) is 5.56 Å². The minimum atomic E-state index is -0.563. The first kappa shape index (κ1) is 20.7. The molecule has 148 valence electrons. The lowest BCUT2D eigenvalue weighted by Crippen LogP contribution is -2.41. The number of nitrogens with one attached hydrogen (secondary N) is 1. The predicted octanol–water partition coefficient (Wildman–Crippen LogP) is 0.576. The van der Waals surface area contributed by atoms with Crippen LogP contribution >= 0.6 is 11.8 Å². The Labute approximate surface area is 161 Å². The second-order valence-corrected chi connectivity index (χ2v) is 6.57. The number of benzene rings is 1. The van der Waals surface area contributed by atoms with Crippen LogP contribution in [0.25, 0.3) is 0 Å². The van der Waals surface area contributed by atoms with Crippen molar-refractivity contribution in [3.05, 3.63) is 17.7 Å². The molecule has 27 heavy (non-hydrogen) atoms. The van der Waals surface area contributed by atoms with Gasteiger partial charge in [-0.05, 0) is 17.7 Å². The maximum absolute atomic E-state index is 12.3. The van der Waals surface area contributed by atoms with Crippen LogP contribution in [-0.4, -0.2) is 70.0 Å². The maximum Gasteiger partial charge on any atom is 0.325 e. The first-order valence-corrected chi connectivity index (χ1v) is 9.04. The fourth-order valence-corrected chi connectivity index (χ4v) is 3.77. The van der Waals surface area contributed by atoms with Gasteiger partial charge in [-0.15, -0.1) is 11.8 Å². The Balaban J connectivity index is 2.22. The quantitative estimate of drug-likeness (QED) is 0.634. The van der Waals surface area contributed by atoms with E-state index in [9.17, 15) is 14.4 Å². The number of hydrogen-bond acceptors (Lipinski definition) is 8. The van der Waals surface area contributed by atoms with Crippen LogP contribution in [-0.2, 0) is 19.1 Å². The molecular weight excluding hydrogens is 376 g/mol. The van der Waals surface area contributed by atoms with Gasteiger partial charge in [-0.2, -0.15) is 0 Å². The Kier molecular flexibility index (Phi) is 7.17. The molecule has 0 saturated carbocycles. The van der Waals surface area contributed by atoms with Gasteiger partial charge in [0.05, 0.1) is 34.2 Å².